The topological polar surface area (TPSA) is 27.0 Å². The number of hydrogen-bond acceptors (Lipinski definition) is 2. The van der Waals surface area contributed by atoms with E-state index < -0.39 is 0 Å². The first kappa shape index (κ1) is 10.5. The fraction of sp³-hybridized carbons (Fsp3) is 0.417. The molecule has 2 nitrogen and oxygen atoms in total. The van der Waals surface area contributed by atoms with Crippen LogP contribution in [0.4, 0.5) is 0 Å². The maximum absolute atomic E-state index is 8.74. The van der Waals surface area contributed by atoms with Gasteiger partial charge in [-0.05, 0) is 43.6 Å². The Labute approximate surface area is 95.1 Å². The number of likely N-dealkylation sites (tertiary alicyclic amines) is 1. The number of benzene rings is 1. The number of nitrogens with zero attached hydrogens (tertiary/aromatic N) is 2. The molecule has 1 aromatic rings. The molecule has 1 saturated heterocycles. The van der Waals surface area contributed by atoms with E-state index in [0.29, 0.717) is 11.5 Å². The van der Waals surface area contributed by atoms with Gasteiger partial charge in [0.15, 0.2) is 0 Å². The number of rotatable bonds is 1. The van der Waals surface area contributed by atoms with Crippen LogP contribution in [-0.4, -0.2) is 25.0 Å². The molecule has 3 heteroatoms. The van der Waals surface area contributed by atoms with Gasteiger partial charge in [0.1, 0.15) is 0 Å². The Morgan fingerprint density at radius 2 is 2.33 bits per heavy atom. The second kappa shape index (κ2) is 4.22. The largest absolute Gasteiger partial charge is 0.306 e. The second-order valence-electron chi connectivity index (χ2n) is 4.10. The summed E-state index contributed by atoms with van der Waals surface area (Å²) in [6, 6.07) is 7.70. The summed E-state index contributed by atoms with van der Waals surface area (Å²) in [5, 5.41) is 9.47. The van der Waals surface area contributed by atoms with Crippen molar-refractivity contribution in [2.45, 2.75) is 12.3 Å². The molecular weight excluding hydrogens is 208 g/mol. The third-order valence-corrected chi connectivity index (χ3v) is 3.29. The van der Waals surface area contributed by atoms with Crippen molar-refractivity contribution in [3.8, 4) is 6.07 Å². The Morgan fingerprint density at radius 3 is 2.87 bits per heavy atom. The number of halogens is 1. The lowest BCUT2D eigenvalue weighted by Crippen LogP contribution is -2.13. The summed E-state index contributed by atoms with van der Waals surface area (Å²) in [5.41, 5.74) is 1.81. The second-order valence-corrected chi connectivity index (χ2v) is 4.50. The molecule has 0 N–H and O–H groups in total. The van der Waals surface area contributed by atoms with E-state index in [4.69, 9.17) is 16.9 Å². The van der Waals surface area contributed by atoms with Crippen LogP contribution >= 0.6 is 11.6 Å². The van der Waals surface area contributed by atoms with E-state index >= 15 is 0 Å². The fourth-order valence-corrected chi connectivity index (χ4v) is 2.45. The van der Waals surface area contributed by atoms with Gasteiger partial charge in [-0.25, -0.2) is 0 Å². The Morgan fingerprint density at radius 1 is 1.53 bits per heavy atom. The summed E-state index contributed by atoms with van der Waals surface area (Å²) in [5.74, 6) is 0.523. The van der Waals surface area contributed by atoms with Crippen molar-refractivity contribution >= 4 is 11.6 Å². The molecule has 1 atom stereocenters. The SMILES string of the molecule is CN1CCC(c2ccc(C#N)cc2Cl)C1. The summed E-state index contributed by atoms with van der Waals surface area (Å²) in [6.45, 7) is 2.19. The van der Waals surface area contributed by atoms with Crippen LogP contribution in [0, 0.1) is 11.3 Å². The Hall–Kier alpha value is -1.04. The molecule has 0 bridgehead atoms. The standard InChI is InChI=1S/C12H13ClN2/c1-15-5-4-10(8-15)11-3-2-9(7-14)6-12(11)13/h2-3,6,10H,4-5,8H2,1H3. The van der Waals surface area contributed by atoms with Crippen LogP contribution < -0.4 is 0 Å². The van der Waals surface area contributed by atoms with Crippen molar-refractivity contribution in [2.24, 2.45) is 0 Å². The molecule has 1 aliphatic heterocycles. The van der Waals surface area contributed by atoms with Crippen molar-refractivity contribution in [1.29, 1.82) is 5.26 Å². The van der Waals surface area contributed by atoms with E-state index in [0.717, 1.165) is 24.5 Å². The van der Waals surface area contributed by atoms with E-state index in [9.17, 15) is 0 Å². The molecule has 1 aliphatic rings. The highest BCUT2D eigenvalue weighted by Crippen LogP contribution is 2.31. The zero-order chi connectivity index (χ0) is 10.8. The molecule has 1 unspecified atom stereocenters. The average Bonchev–Trinajstić information content (AvgIpc) is 2.64. The summed E-state index contributed by atoms with van der Waals surface area (Å²) in [4.78, 5) is 2.30. The molecule has 2 rings (SSSR count). The lowest BCUT2D eigenvalue weighted by Gasteiger charge is -2.12. The van der Waals surface area contributed by atoms with Gasteiger partial charge in [0.25, 0.3) is 0 Å². The molecule has 0 radical (unpaired) electrons. The number of nitriles is 1. The normalized spacial score (nSPS) is 21.5. The van der Waals surface area contributed by atoms with E-state index in [1.807, 2.05) is 12.1 Å². The first-order chi connectivity index (χ1) is 7.20. The maximum atomic E-state index is 8.74. The molecule has 0 amide bonds. The van der Waals surface area contributed by atoms with E-state index in [-0.39, 0.29) is 0 Å². The molecular formula is C12H13ClN2. The van der Waals surface area contributed by atoms with Crippen LogP contribution in [0.1, 0.15) is 23.5 Å². The minimum absolute atomic E-state index is 0.523. The average molecular weight is 221 g/mol. The minimum Gasteiger partial charge on any atom is -0.306 e. The first-order valence-corrected chi connectivity index (χ1v) is 5.46. The fourth-order valence-electron chi connectivity index (χ4n) is 2.12. The molecule has 1 aromatic carbocycles. The molecule has 0 aromatic heterocycles. The molecule has 1 heterocycles. The van der Waals surface area contributed by atoms with Crippen LogP contribution in [0.2, 0.25) is 5.02 Å². The quantitative estimate of drug-likeness (QED) is 0.728. The van der Waals surface area contributed by atoms with Crippen LogP contribution in [0.25, 0.3) is 0 Å². The van der Waals surface area contributed by atoms with Crippen LogP contribution in [-0.2, 0) is 0 Å². The Kier molecular flexibility index (Phi) is 2.95. The van der Waals surface area contributed by atoms with Gasteiger partial charge in [0, 0.05) is 11.6 Å². The maximum Gasteiger partial charge on any atom is 0.0992 e. The van der Waals surface area contributed by atoms with Crippen molar-refractivity contribution in [2.75, 3.05) is 20.1 Å². The molecule has 0 aliphatic carbocycles. The first-order valence-electron chi connectivity index (χ1n) is 5.09. The van der Waals surface area contributed by atoms with Gasteiger partial charge >= 0.3 is 0 Å². The van der Waals surface area contributed by atoms with Crippen molar-refractivity contribution in [1.82, 2.24) is 4.90 Å². The van der Waals surface area contributed by atoms with Gasteiger partial charge in [0.2, 0.25) is 0 Å². The van der Waals surface area contributed by atoms with Gasteiger partial charge in [-0.2, -0.15) is 5.26 Å². The highest BCUT2D eigenvalue weighted by Gasteiger charge is 2.22. The van der Waals surface area contributed by atoms with Gasteiger partial charge in [-0.3, -0.25) is 0 Å². The third-order valence-electron chi connectivity index (χ3n) is 2.96. The summed E-state index contributed by atoms with van der Waals surface area (Å²) >= 11 is 6.17. The molecule has 1 fully saturated rings. The number of hydrogen-bond donors (Lipinski definition) is 0. The molecule has 0 saturated carbocycles. The molecule has 15 heavy (non-hydrogen) atoms. The highest BCUT2D eigenvalue weighted by atomic mass is 35.5. The third kappa shape index (κ3) is 2.14. The zero-order valence-electron chi connectivity index (χ0n) is 8.70. The molecule has 0 spiro atoms. The van der Waals surface area contributed by atoms with Crippen LogP contribution in [0.15, 0.2) is 18.2 Å². The van der Waals surface area contributed by atoms with Crippen LogP contribution in [0.3, 0.4) is 0 Å². The Bertz CT molecular complexity index is 409. The van der Waals surface area contributed by atoms with Crippen molar-refractivity contribution < 1.29 is 0 Å². The summed E-state index contributed by atoms with van der Waals surface area (Å²) in [6.07, 6.45) is 1.15. The van der Waals surface area contributed by atoms with Crippen LogP contribution in [0.5, 0.6) is 0 Å². The lowest BCUT2D eigenvalue weighted by molar-refractivity contribution is 0.411. The number of likely N-dealkylation sites (N-methyl/N-ethyl adjacent to an activating group) is 1. The van der Waals surface area contributed by atoms with E-state index in [2.05, 4.69) is 18.0 Å². The zero-order valence-corrected chi connectivity index (χ0v) is 9.46. The van der Waals surface area contributed by atoms with Gasteiger partial charge < -0.3 is 4.90 Å². The van der Waals surface area contributed by atoms with E-state index in [1.165, 1.54) is 5.56 Å². The predicted octanol–water partition coefficient (Wildman–Crippen LogP) is 2.63. The predicted molar refractivity (Wildman–Crippen MR) is 61.0 cm³/mol. The van der Waals surface area contributed by atoms with Crippen molar-refractivity contribution in [3.05, 3.63) is 34.3 Å². The monoisotopic (exact) mass is 220 g/mol. The Balaban J connectivity index is 2.26. The van der Waals surface area contributed by atoms with Gasteiger partial charge in [-0.15, -0.1) is 0 Å². The smallest absolute Gasteiger partial charge is 0.0992 e. The van der Waals surface area contributed by atoms with Gasteiger partial charge in [0.05, 0.1) is 11.6 Å². The highest BCUT2D eigenvalue weighted by molar-refractivity contribution is 6.31. The summed E-state index contributed by atoms with van der Waals surface area (Å²) < 4.78 is 0. The van der Waals surface area contributed by atoms with E-state index in [1.54, 1.807) is 6.07 Å². The summed E-state index contributed by atoms with van der Waals surface area (Å²) in [7, 11) is 2.12. The lowest BCUT2D eigenvalue weighted by atomic mass is 9.97. The minimum atomic E-state index is 0.523. The van der Waals surface area contributed by atoms with Crippen molar-refractivity contribution in [3.63, 3.8) is 0 Å². The molecule has 78 valence electrons. The van der Waals surface area contributed by atoms with Gasteiger partial charge in [-0.1, -0.05) is 17.7 Å².